The van der Waals surface area contributed by atoms with Crippen LogP contribution in [0, 0.1) is 0 Å². The fourth-order valence-corrected chi connectivity index (χ4v) is 3.79. The van der Waals surface area contributed by atoms with Crippen LogP contribution in [0.2, 0.25) is 0 Å². The third-order valence-electron chi connectivity index (χ3n) is 4.36. The zero-order valence-corrected chi connectivity index (χ0v) is 14.4. The first-order valence-electron chi connectivity index (χ1n) is 8.31. The molecule has 0 bridgehead atoms. The lowest BCUT2D eigenvalue weighted by Crippen LogP contribution is -2.28. The van der Waals surface area contributed by atoms with Crippen LogP contribution in [0.5, 0.6) is 0 Å². The van der Waals surface area contributed by atoms with E-state index in [0.29, 0.717) is 5.75 Å². The van der Waals surface area contributed by atoms with Crippen LogP contribution in [0.25, 0.3) is 0 Å². The standard InChI is InChI=1S/C20H23NOS/c1-15(17-12-11-16-7-5-6-8-18(16)13-17)21-20(22)14-23-19-9-3-2-4-10-19/h2-4,9-13,15H,5-8,14H2,1H3,(H,21,22)/t15-/m1/s1. The lowest BCUT2D eigenvalue weighted by molar-refractivity contribution is -0.119. The number of carbonyl (C=O) groups is 1. The van der Waals surface area contributed by atoms with E-state index in [2.05, 4.69) is 30.4 Å². The molecule has 3 rings (SSSR count). The molecule has 0 unspecified atom stereocenters. The van der Waals surface area contributed by atoms with Crippen LogP contribution in [0.4, 0.5) is 0 Å². The van der Waals surface area contributed by atoms with E-state index in [9.17, 15) is 4.79 Å². The number of thioether (sulfide) groups is 1. The van der Waals surface area contributed by atoms with Gasteiger partial charge in [0, 0.05) is 4.90 Å². The van der Waals surface area contributed by atoms with Crippen molar-refractivity contribution >= 4 is 17.7 Å². The Balaban J connectivity index is 1.56. The molecule has 1 N–H and O–H groups in total. The van der Waals surface area contributed by atoms with Gasteiger partial charge in [0.2, 0.25) is 5.91 Å². The van der Waals surface area contributed by atoms with Crippen molar-refractivity contribution in [1.82, 2.24) is 5.32 Å². The van der Waals surface area contributed by atoms with E-state index in [1.165, 1.54) is 42.4 Å². The Morgan fingerprint density at radius 1 is 1.09 bits per heavy atom. The van der Waals surface area contributed by atoms with E-state index >= 15 is 0 Å². The number of hydrogen-bond donors (Lipinski definition) is 1. The van der Waals surface area contributed by atoms with Gasteiger partial charge in [0.25, 0.3) is 0 Å². The van der Waals surface area contributed by atoms with Crippen molar-refractivity contribution in [3.63, 3.8) is 0 Å². The summed E-state index contributed by atoms with van der Waals surface area (Å²) in [6.07, 6.45) is 4.96. The van der Waals surface area contributed by atoms with Gasteiger partial charge in [-0.3, -0.25) is 4.79 Å². The van der Waals surface area contributed by atoms with E-state index in [1.807, 2.05) is 30.3 Å². The molecule has 2 aromatic rings. The number of rotatable bonds is 5. The highest BCUT2D eigenvalue weighted by atomic mass is 32.2. The van der Waals surface area contributed by atoms with Crippen molar-refractivity contribution in [2.24, 2.45) is 0 Å². The number of nitrogens with one attached hydrogen (secondary N) is 1. The molecule has 1 atom stereocenters. The summed E-state index contributed by atoms with van der Waals surface area (Å²) in [5.74, 6) is 0.545. The van der Waals surface area contributed by atoms with E-state index in [4.69, 9.17) is 0 Å². The van der Waals surface area contributed by atoms with Gasteiger partial charge in [0.05, 0.1) is 11.8 Å². The topological polar surface area (TPSA) is 29.1 Å². The summed E-state index contributed by atoms with van der Waals surface area (Å²) >= 11 is 1.58. The third-order valence-corrected chi connectivity index (χ3v) is 5.38. The average molecular weight is 325 g/mol. The Labute approximate surface area is 142 Å². The minimum Gasteiger partial charge on any atom is -0.349 e. The van der Waals surface area contributed by atoms with Gasteiger partial charge in [-0.2, -0.15) is 0 Å². The van der Waals surface area contributed by atoms with Gasteiger partial charge in [-0.05, 0) is 61.4 Å². The summed E-state index contributed by atoms with van der Waals surface area (Å²) in [6.45, 7) is 2.07. The van der Waals surface area contributed by atoms with Crippen molar-refractivity contribution in [1.29, 1.82) is 0 Å². The molecule has 0 aliphatic heterocycles. The van der Waals surface area contributed by atoms with Crippen LogP contribution < -0.4 is 5.32 Å². The van der Waals surface area contributed by atoms with Gasteiger partial charge < -0.3 is 5.32 Å². The van der Waals surface area contributed by atoms with E-state index in [1.54, 1.807) is 11.8 Å². The fourth-order valence-electron chi connectivity index (χ4n) is 3.05. The molecule has 0 fully saturated rings. The van der Waals surface area contributed by atoms with E-state index < -0.39 is 0 Å². The predicted molar refractivity (Wildman–Crippen MR) is 96.8 cm³/mol. The van der Waals surface area contributed by atoms with Crippen LogP contribution in [-0.2, 0) is 17.6 Å². The molecule has 0 spiro atoms. The van der Waals surface area contributed by atoms with E-state index in [0.717, 1.165) is 4.90 Å². The molecule has 0 saturated carbocycles. The maximum atomic E-state index is 12.2. The zero-order valence-electron chi connectivity index (χ0n) is 13.5. The maximum absolute atomic E-state index is 12.2. The Hall–Kier alpha value is -1.74. The normalized spacial score (nSPS) is 14.8. The number of aryl methyl sites for hydroxylation is 2. The lowest BCUT2D eigenvalue weighted by Gasteiger charge is -2.20. The lowest BCUT2D eigenvalue weighted by atomic mass is 9.89. The molecule has 23 heavy (non-hydrogen) atoms. The third kappa shape index (κ3) is 4.38. The van der Waals surface area contributed by atoms with Crippen molar-refractivity contribution in [3.8, 4) is 0 Å². The molecule has 1 aliphatic rings. The molecule has 1 aliphatic carbocycles. The molecular formula is C20H23NOS. The van der Waals surface area contributed by atoms with Crippen molar-refractivity contribution < 1.29 is 4.79 Å². The quantitative estimate of drug-likeness (QED) is 0.818. The number of amides is 1. The number of carbonyl (C=O) groups excluding carboxylic acids is 1. The zero-order chi connectivity index (χ0) is 16.1. The average Bonchev–Trinajstić information content (AvgIpc) is 2.60. The summed E-state index contributed by atoms with van der Waals surface area (Å²) in [6, 6.07) is 16.8. The monoisotopic (exact) mass is 325 g/mol. The minimum atomic E-state index is 0.0612. The molecule has 0 aromatic heterocycles. The number of hydrogen-bond acceptors (Lipinski definition) is 2. The number of fused-ring (bicyclic) bond motifs is 1. The van der Waals surface area contributed by atoms with Gasteiger partial charge in [0.15, 0.2) is 0 Å². The molecule has 0 heterocycles. The smallest absolute Gasteiger partial charge is 0.230 e. The van der Waals surface area contributed by atoms with Crippen LogP contribution in [0.1, 0.15) is 42.5 Å². The van der Waals surface area contributed by atoms with Gasteiger partial charge >= 0.3 is 0 Å². The Kier molecular flexibility index (Phi) is 5.39. The highest BCUT2D eigenvalue weighted by Gasteiger charge is 2.14. The van der Waals surface area contributed by atoms with Crippen molar-refractivity contribution in [2.75, 3.05) is 5.75 Å². The second kappa shape index (κ2) is 7.69. The summed E-state index contributed by atoms with van der Waals surface area (Å²) in [5.41, 5.74) is 4.16. The van der Waals surface area contributed by atoms with Crippen LogP contribution >= 0.6 is 11.8 Å². The molecular weight excluding hydrogens is 302 g/mol. The molecule has 0 saturated heterocycles. The minimum absolute atomic E-state index is 0.0612. The summed E-state index contributed by atoms with van der Waals surface area (Å²) in [4.78, 5) is 13.3. The van der Waals surface area contributed by atoms with Crippen LogP contribution in [0.3, 0.4) is 0 Å². The SMILES string of the molecule is C[C@@H](NC(=O)CSc1ccccc1)c1ccc2c(c1)CCCC2. The predicted octanol–water partition coefficient (Wildman–Crippen LogP) is 4.53. The maximum Gasteiger partial charge on any atom is 0.230 e. The fraction of sp³-hybridized carbons (Fsp3) is 0.350. The molecule has 2 nitrogen and oxygen atoms in total. The van der Waals surface area contributed by atoms with Gasteiger partial charge in [0.1, 0.15) is 0 Å². The van der Waals surface area contributed by atoms with Crippen LogP contribution in [0.15, 0.2) is 53.4 Å². The molecule has 120 valence electrons. The largest absolute Gasteiger partial charge is 0.349 e. The molecule has 3 heteroatoms. The summed E-state index contributed by atoms with van der Waals surface area (Å²) < 4.78 is 0. The van der Waals surface area contributed by atoms with Crippen molar-refractivity contribution in [3.05, 3.63) is 65.2 Å². The first kappa shape index (κ1) is 16.1. The second-order valence-electron chi connectivity index (χ2n) is 6.13. The Morgan fingerprint density at radius 3 is 2.61 bits per heavy atom. The Bertz CT molecular complexity index is 669. The molecule has 0 radical (unpaired) electrons. The van der Waals surface area contributed by atoms with Gasteiger partial charge in [-0.25, -0.2) is 0 Å². The molecule has 2 aromatic carbocycles. The summed E-state index contributed by atoms with van der Waals surface area (Å²) in [5, 5.41) is 3.11. The summed E-state index contributed by atoms with van der Waals surface area (Å²) in [7, 11) is 0. The van der Waals surface area contributed by atoms with Crippen LogP contribution in [-0.4, -0.2) is 11.7 Å². The number of benzene rings is 2. The highest BCUT2D eigenvalue weighted by Crippen LogP contribution is 2.25. The van der Waals surface area contributed by atoms with E-state index in [-0.39, 0.29) is 11.9 Å². The molecule has 1 amide bonds. The first-order valence-corrected chi connectivity index (χ1v) is 9.30. The second-order valence-corrected chi connectivity index (χ2v) is 7.17. The van der Waals surface area contributed by atoms with Crippen molar-refractivity contribution in [2.45, 2.75) is 43.5 Å². The van der Waals surface area contributed by atoms with Gasteiger partial charge in [-0.1, -0.05) is 36.4 Å². The van der Waals surface area contributed by atoms with Gasteiger partial charge in [-0.15, -0.1) is 11.8 Å². The first-order chi connectivity index (χ1) is 11.2. The Morgan fingerprint density at radius 2 is 1.83 bits per heavy atom. The highest BCUT2D eigenvalue weighted by molar-refractivity contribution is 8.00.